The van der Waals surface area contributed by atoms with Gasteiger partial charge in [0.1, 0.15) is 6.07 Å². The van der Waals surface area contributed by atoms with E-state index in [0.29, 0.717) is 0 Å². The first-order chi connectivity index (χ1) is 9.02. The van der Waals surface area contributed by atoms with Crippen LogP contribution in [0.25, 0.3) is 11.1 Å². The number of hydrogen-bond donors (Lipinski definition) is 0. The van der Waals surface area contributed by atoms with Crippen LogP contribution < -0.4 is 4.90 Å². The molecule has 0 aliphatic heterocycles. The first-order valence-corrected chi connectivity index (χ1v) is 6.38. The number of anilines is 1. The second-order valence-electron chi connectivity index (χ2n) is 4.70. The highest BCUT2D eigenvalue weighted by Crippen LogP contribution is 2.30. The highest BCUT2D eigenvalue weighted by molar-refractivity contribution is 6.30. The minimum absolute atomic E-state index is 0.724. The molecule has 3 heteroatoms. The zero-order valence-electron chi connectivity index (χ0n) is 11.2. The van der Waals surface area contributed by atoms with Gasteiger partial charge in [0.25, 0.3) is 0 Å². The van der Waals surface area contributed by atoms with Crippen LogP contribution in [0.2, 0.25) is 5.02 Å². The molecule has 0 aliphatic rings. The van der Waals surface area contributed by atoms with E-state index in [9.17, 15) is 5.26 Å². The van der Waals surface area contributed by atoms with E-state index in [4.69, 9.17) is 11.6 Å². The first kappa shape index (κ1) is 13.5. The van der Waals surface area contributed by atoms with Crippen molar-refractivity contribution < 1.29 is 0 Å². The predicted octanol–water partition coefficient (Wildman–Crippen LogP) is 4.25. The minimum atomic E-state index is 0.724. The van der Waals surface area contributed by atoms with E-state index in [1.807, 2.05) is 62.3 Å². The maximum Gasteiger partial charge on any atom is 0.102 e. The van der Waals surface area contributed by atoms with Gasteiger partial charge >= 0.3 is 0 Å². The van der Waals surface area contributed by atoms with Crippen molar-refractivity contribution in [2.24, 2.45) is 0 Å². The molecule has 96 valence electrons. The molecule has 0 unspecified atom stereocenters. The summed E-state index contributed by atoms with van der Waals surface area (Å²) in [6, 6.07) is 14.1. The standard InChI is InChI=1S/C16H15ClN2/c1-11-8-13(12-4-6-14(17)7-5-12)9-16(19(2)3)15(11)10-18/h4-9H,1-3H3. The molecule has 2 aromatic rings. The van der Waals surface area contributed by atoms with Crippen LogP contribution in [0.4, 0.5) is 5.69 Å². The molecule has 0 bridgehead atoms. The molecule has 0 saturated heterocycles. The van der Waals surface area contributed by atoms with E-state index >= 15 is 0 Å². The van der Waals surface area contributed by atoms with E-state index in [2.05, 4.69) is 6.07 Å². The molecule has 0 spiro atoms. The molecule has 0 amide bonds. The third-order valence-corrected chi connectivity index (χ3v) is 3.34. The van der Waals surface area contributed by atoms with Crippen molar-refractivity contribution in [3.8, 4) is 17.2 Å². The van der Waals surface area contributed by atoms with Crippen LogP contribution in [0, 0.1) is 18.3 Å². The third-order valence-electron chi connectivity index (χ3n) is 3.09. The fourth-order valence-electron chi connectivity index (χ4n) is 2.08. The summed E-state index contributed by atoms with van der Waals surface area (Å²) < 4.78 is 0. The molecule has 0 atom stereocenters. The number of nitrogens with zero attached hydrogens (tertiary/aromatic N) is 2. The SMILES string of the molecule is Cc1cc(-c2ccc(Cl)cc2)cc(N(C)C)c1C#N. The van der Waals surface area contributed by atoms with Crippen molar-refractivity contribution in [3.05, 3.63) is 52.5 Å². The summed E-state index contributed by atoms with van der Waals surface area (Å²) in [6.07, 6.45) is 0. The Morgan fingerprint density at radius 1 is 1.05 bits per heavy atom. The summed E-state index contributed by atoms with van der Waals surface area (Å²) in [4.78, 5) is 1.96. The maximum absolute atomic E-state index is 9.25. The zero-order chi connectivity index (χ0) is 14.0. The molecule has 0 aliphatic carbocycles. The summed E-state index contributed by atoms with van der Waals surface area (Å²) in [5.74, 6) is 0. The van der Waals surface area contributed by atoms with Gasteiger partial charge in [0.2, 0.25) is 0 Å². The molecule has 2 aromatic carbocycles. The summed E-state index contributed by atoms with van der Waals surface area (Å²) in [7, 11) is 3.89. The van der Waals surface area contributed by atoms with Gasteiger partial charge in [-0.1, -0.05) is 23.7 Å². The number of hydrogen-bond acceptors (Lipinski definition) is 2. The van der Waals surface area contributed by atoms with Crippen LogP contribution in [0.1, 0.15) is 11.1 Å². The number of benzene rings is 2. The summed E-state index contributed by atoms with van der Waals surface area (Å²) in [5.41, 5.74) is 4.84. The van der Waals surface area contributed by atoms with E-state index < -0.39 is 0 Å². The molecular weight excluding hydrogens is 256 g/mol. The van der Waals surface area contributed by atoms with Gasteiger partial charge in [0.05, 0.1) is 11.3 Å². The van der Waals surface area contributed by atoms with Crippen LogP contribution in [0.5, 0.6) is 0 Å². The highest BCUT2D eigenvalue weighted by atomic mass is 35.5. The zero-order valence-corrected chi connectivity index (χ0v) is 12.0. The number of aryl methyl sites for hydroxylation is 1. The largest absolute Gasteiger partial charge is 0.377 e. The predicted molar refractivity (Wildman–Crippen MR) is 80.7 cm³/mol. The summed E-state index contributed by atoms with van der Waals surface area (Å²) in [5, 5.41) is 9.98. The molecule has 0 fully saturated rings. The Hall–Kier alpha value is -1.98. The molecule has 0 saturated carbocycles. The summed E-state index contributed by atoms with van der Waals surface area (Å²) in [6.45, 7) is 1.96. The topological polar surface area (TPSA) is 27.0 Å². The van der Waals surface area contributed by atoms with Gasteiger partial charge in [-0.15, -0.1) is 0 Å². The fraction of sp³-hybridized carbons (Fsp3) is 0.188. The van der Waals surface area contributed by atoms with Gasteiger partial charge in [-0.2, -0.15) is 5.26 Å². The number of nitriles is 1. The van der Waals surface area contributed by atoms with Gasteiger partial charge < -0.3 is 4.90 Å². The number of rotatable bonds is 2. The van der Waals surface area contributed by atoms with Crippen molar-refractivity contribution >= 4 is 17.3 Å². The highest BCUT2D eigenvalue weighted by Gasteiger charge is 2.10. The normalized spacial score (nSPS) is 10.1. The Balaban J connectivity index is 2.60. The van der Waals surface area contributed by atoms with Crippen LogP contribution in [-0.4, -0.2) is 14.1 Å². The van der Waals surface area contributed by atoms with E-state index in [1.165, 1.54) is 0 Å². The average molecular weight is 271 g/mol. The fourth-order valence-corrected chi connectivity index (χ4v) is 2.20. The summed E-state index contributed by atoms with van der Waals surface area (Å²) >= 11 is 5.91. The quantitative estimate of drug-likeness (QED) is 0.816. The van der Waals surface area contributed by atoms with Gasteiger partial charge in [0.15, 0.2) is 0 Å². The second kappa shape index (κ2) is 5.34. The Morgan fingerprint density at radius 2 is 1.68 bits per heavy atom. The molecule has 0 aromatic heterocycles. The van der Waals surface area contributed by atoms with E-state index in [-0.39, 0.29) is 0 Å². The average Bonchev–Trinajstić information content (AvgIpc) is 2.38. The Morgan fingerprint density at radius 3 is 2.21 bits per heavy atom. The van der Waals surface area contributed by atoms with Crippen LogP contribution in [0.3, 0.4) is 0 Å². The van der Waals surface area contributed by atoms with E-state index in [0.717, 1.165) is 33.0 Å². The lowest BCUT2D eigenvalue weighted by Crippen LogP contribution is -2.11. The van der Waals surface area contributed by atoms with Gasteiger partial charge in [-0.3, -0.25) is 0 Å². The molecule has 0 N–H and O–H groups in total. The smallest absolute Gasteiger partial charge is 0.102 e. The molecule has 2 nitrogen and oxygen atoms in total. The molecule has 2 rings (SSSR count). The van der Waals surface area contributed by atoms with Gasteiger partial charge in [-0.05, 0) is 47.9 Å². The monoisotopic (exact) mass is 270 g/mol. The lowest BCUT2D eigenvalue weighted by Gasteiger charge is -2.17. The van der Waals surface area contributed by atoms with E-state index in [1.54, 1.807) is 0 Å². The lowest BCUT2D eigenvalue weighted by molar-refractivity contribution is 1.12. The maximum atomic E-state index is 9.25. The van der Waals surface area contributed by atoms with Crippen molar-refractivity contribution in [2.75, 3.05) is 19.0 Å². The molecule has 0 heterocycles. The Labute approximate surface area is 118 Å². The van der Waals surface area contributed by atoms with Gasteiger partial charge in [-0.25, -0.2) is 0 Å². The van der Waals surface area contributed by atoms with Crippen LogP contribution >= 0.6 is 11.6 Å². The van der Waals surface area contributed by atoms with Crippen LogP contribution in [0.15, 0.2) is 36.4 Å². The molecular formula is C16H15ClN2. The molecule has 0 radical (unpaired) electrons. The van der Waals surface area contributed by atoms with Crippen molar-refractivity contribution in [2.45, 2.75) is 6.92 Å². The van der Waals surface area contributed by atoms with Gasteiger partial charge in [0, 0.05) is 19.1 Å². The lowest BCUT2D eigenvalue weighted by atomic mass is 9.98. The first-order valence-electron chi connectivity index (χ1n) is 6.01. The third kappa shape index (κ3) is 2.72. The van der Waals surface area contributed by atoms with Crippen molar-refractivity contribution in [1.29, 1.82) is 5.26 Å². The minimum Gasteiger partial charge on any atom is -0.377 e. The Bertz CT molecular complexity index is 637. The number of halogens is 1. The second-order valence-corrected chi connectivity index (χ2v) is 5.14. The Kier molecular flexibility index (Phi) is 3.78. The van der Waals surface area contributed by atoms with Crippen LogP contribution in [-0.2, 0) is 0 Å². The van der Waals surface area contributed by atoms with Crippen molar-refractivity contribution in [1.82, 2.24) is 0 Å². The van der Waals surface area contributed by atoms with Crippen molar-refractivity contribution in [3.63, 3.8) is 0 Å². The molecule has 19 heavy (non-hydrogen) atoms.